The van der Waals surface area contributed by atoms with Crippen molar-refractivity contribution in [3.8, 4) is 0 Å². The van der Waals surface area contributed by atoms with Gasteiger partial charge in [0.25, 0.3) is 0 Å². The summed E-state index contributed by atoms with van der Waals surface area (Å²) >= 11 is 0. The lowest BCUT2D eigenvalue weighted by molar-refractivity contribution is -0.138. The van der Waals surface area contributed by atoms with Gasteiger partial charge >= 0.3 is 6.18 Å². The first-order valence-electron chi connectivity index (χ1n) is 4.17. The summed E-state index contributed by atoms with van der Waals surface area (Å²) in [5.74, 6) is -4.86. The lowest BCUT2D eigenvalue weighted by Gasteiger charge is -2.14. The minimum absolute atomic E-state index is 0. The molecule has 8 heteroatoms. The zero-order chi connectivity index (χ0) is 12.5. The lowest BCUT2D eigenvalue weighted by Crippen LogP contribution is -2.20. The molecule has 98 valence electrons. The molecule has 1 rings (SSSR count). The largest absolute Gasteiger partial charge is 0.390 e. The van der Waals surface area contributed by atoms with Gasteiger partial charge in [0, 0.05) is 6.04 Å². The summed E-state index contributed by atoms with van der Waals surface area (Å²) in [5.41, 5.74) is 4.66. The molecule has 1 atom stereocenters. The fourth-order valence-corrected chi connectivity index (χ4v) is 1.16. The van der Waals surface area contributed by atoms with Crippen LogP contribution >= 0.6 is 12.4 Å². The lowest BCUT2D eigenvalue weighted by atomic mass is 10.0. The number of hydrogen-bond acceptors (Lipinski definition) is 1. The predicted molar refractivity (Wildman–Crippen MR) is 51.2 cm³/mol. The highest BCUT2D eigenvalue weighted by molar-refractivity contribution is 5.85. The fraction of sp³-hybridized carbons (Fsp3) is 0.333. The molecule has 0 radical (unpaired) electrons. The maximum absolute atomic E-state index is 12.7. The third-order valence-electron chi connectivity index (χ3n) is 1.89. The number of nitrogens with two attached hydrogens (primary N) is 1. The Labute approximate surface area is 99.0 Å². The molecule has 0 heterocycles. The van der Waals surface area contributed by atoms with Gasteiger partial charge in [-0.25, -0.2) is 13.2 Å². The third kappa shape index (κ3) is 4.43. The van der Waals surface area contributed by atoms with Gasteiger partial charge in [-0.05, 0) is 17.7 Å². The average molecular weight is 280 g/mol. The Morgan fingerprint density at radius 3 is 1.82 bits per heavy atom. The van der Waals surface area contributed by atoms with Gasteiger partial charge in [0.1, 0.15) is 0 Å². The van der Waals surface area contributed by atoms with Crippen molar-refractivity contribution >= 4 is 12.4 Å². The minimum Gasteiger partial charge on any atom is -0.324 e. The zero-order valence-corrected chi connectivity index (χ0v) is 9.01. The molecule has 0 aliphatic heterocycles. The molecular formula is C9H8ClF6N. The average Bonchev–Trinajstić information content (AvgIpc) is 2.10. The minimum atomic E-state index is -4.55. The van der Waals surface area contributed by atoms with Crippen LogP contribution in [0, 0.1) is 17.5 Å². The predicted octanol–water partition coefficient (Wildman–Crippen LogP) is 3.48. The first kappa shape index (κ1) is 16.1. The summed E-state index contributed by atoms with van der Waals surface area (Å²) in [6.07, 6.45) is -5.99. The highest BCUT2D eigenvalue weighted by Gasteiger charge is 2.31. The van der Waals surface area contributed by atoms with Crippen molar-refractivity contribution in [2.24, 2.45) is 5.73 Å². The Morgan fingerprint density at radius 2 is 1.47 bits per heavy atom. The van der Waals surface area contributed by atoms with Crippen molar-refractivity contribution in [1.29, 1.82) is 0 Å². The molecule has 1 nitrogen and oxygen atoms in total. The second-order valence-corrected chi connectivity index (χ2v) is 3.22. The molecule has 1 aromatic carbocycles. The Kier molecular flexibility index (Phi) is 5.28. The topological polar surface area (TPSA) is 26.0 Å². The smallest absolute Gasteiger partial charge is 0.324 e. The Morgan fingerprint density at radius 1 is 1.06 bits per heavy atom. The van der Waals surface area contributed by atoms with Crippen molar-refractivity contribution in [3.05, 3.63) is 35.1 Å². The second kappa shape index (κ2) is 5.59. The van der Waals surface area contributed by atoms with Gasteiger partial charge < -0.3 is 5.73 Å². The molecule has 0 amide bonds. The van der Waals surface area contributed by atoms with Crippen LogP contribution < -0.4 is 5.73 Å². The van der Waals surface area contributed by atoms with Gasteiger partial charge in [0.05, 0.1) is 6.42 Å². The highest BCUT2D eigenvalue weighted by Crippen LogP contribution is 2.29. The number of benzene rings is 1. The number of alkyl halides is 3. The third-order valence-corrected chi connectivity index (χ3v) is 1.89. The molecule has 0 saturated carbocycles. The SMILES string of the molecule is Cl.N[C@@H](CC(F)(F)F)c1cc(F)c(F)c(F)c1. The molecule has 0 saturated heterocycles. The van der Waals surface area contributed by atoms with Crippen LogP contribution in [-0.4, -0.2) is 6.18 Å². The van der Waals surface area contributed by atoms with Crippen LogP contribution in [-0.2, 0) is 0 Å². The molecule has 0 bridgehead atoms. The van der Waals surface area contributed by atoms with Crippen LogP contribution in [0.2, 0.25) is 0 Å². The summed E-state index contributed by atoms with van der Waals surface area (Å²) < 4.78 is 73.7. The quantitative estimate of drug-likeness (QED) is 0.651. The normalized spacial score (nSPS) is 13.1. The van der Waals surface area contributed by atoms with E-state index in [1.807, 2.05) is 0 Å². The van der Waals surface area contributed by atoms with E-state index in [-0.39, 0.29) is 12.4 Å². The molecule has 0 fully saturated rings. The van der Waals surface area contributed by atoms with Crippen LogP contribution in [0.1, 0.15) is 18.0 Å². The van der Waals surface area contributed by atoms with Gasteiger partial charge in [-0.15, -0.1) is 12.4 Å². The van der Waals surface area contributed by atoms with Crippen molar-refractivity contribution in [1.82, 2.24) is 0 Å². The molecule has 2 N–H and O–H groups in total. The number of hydrogen-bond donors (Lipinski definition) is 1. The summed E-state index contributed by atoms with van der Waals surface area (Å²) in [7, 11) is 0. The Hall–Kier alpha value is -0.950. The number of halogens is 7. The molecule has 1 aromatic rings. The molecule has 0 aromatic heterocycles. The van der Waals surface area contributed by atoms with E-state index < -0.39 is 41.7 Å². The standard InChI is InChI=1S/C9H7F6N.ClH/c10-5-1-4(2-6(11)8(5)12)7(16)3-9(13,14)15;/h1-2,7H,3,16H2;1H/t7-;/m0./s1. The van der Waals surface area contributed by atoms with Crippen LogP contribution in [0.3, 0.4) is 0 Å². The van der Waals surface area contributed by atoms with Gasteiger partial charge in [-0.2, -0.15) is 13.2 Å². The summed E-state index contributed by atoms with van der Waals surface area (Å²) in [5, 5.41) is 0. The van der Waals surface area contributed by atoms with Gasteiger partial charge in [-0.1, -0.05) is 0 Å². The molecule has 0 aliphatic rings. The first-order valence-corrected chi connectivity index (χ1v) is 4.17. The monoisotopic (exact) mass is 279 g/mol. The first-order chi connectivity index (χ1) is 7.20. The molecule has 0 spiro atoms. The summed E-state index contributed by atoms with van der Waals surface area (Å²) in [6.45, 7) is 0. The van der Waals surface area contributed by atoms with Crippen molar-refractivity contribution in [3.63, 3.8) is 0 Å². The van der Waals surface area contributed by atoms with E-state index in [9.17, 15) is 26.3 Å². The van der Waals surface area contributed by atoms with Crippen molar-refractivity contribution < 1.29 is 26.3 Å². The highest BCUT2D eigenvalue weighted by atomic mass is 35.5. The van der Waals surface area contributed by atoms with Crippen molar-refractivity contribution in [2.45, 2.75) is 18.6 Å². The van der Waals surface area contributed by atoms with Crippen LogP contribution in [0.5, 0.6) is 0 Å². The van der Waals surface area contributed by atoms with Gasteiger partial charge in [-0.3, -0.25) is 0 Å². The maximum Gasteiger partial charge on any atom is 0.390 e. The summed E-state index contributed by atoms with van der Waals surface area (Å²) in [4.78, 5) is 0. The van der Waals surface area contributed by atoms with E-state index in [0.29, 0.717) is 12.1 Å². The molecule has 0 unspecified atom stereocenters. The van der Waals surface area contributed by atoms with Crippen LogP contribution in [0.15, 0.2) is 12.1 Å². The number of rotatable bonds is 2. The fourth-order valence-electron chi connectivity index (χ4n) is 1.16. The van der Waals surface area contributed by atoms with Crippen LogP contribution in [0.4, 0.5) is 26.3 Å². The summed E-state index contributed by atoms with van der Waals surface area (Å²) in [6, 6.07) is -0.714. The van der Waals surface area contributed by atoms with E-state index in [1.165, 1.54) is 0 Å². The van der Waals surface area contributed by atoms with E-state index in [0.717, 1.165) is 0 Å². The maximum atomic E-state index is 12.7. The van der Waals surface area contributed by atoms with E-state index in [4.69, 9.17) is 5.73 Å². The van der Waals surface area contributed by atoms with E-state index in [1.54, 1.807) is 0 Å². The molecule has 0 aliphatic carbocycles. The van der Waals surface area contributed by atoms with Crippen molar-refractivity contribution in [2.75, 3.05) is 0 Å². The van der Waals surface area contributed by atoms with Gasteiger partial charge in [0.15, 0.2) is 17.5 Å². The zero-order valence-electron chi connectivity index (χ0n) is 8.19. The molecule has 17 heavy (non-hydrogen) atoms. The molecular weight excluding hydrogens is 272 g/mol. The van der Waals surface area contributed by atoms with E-state index in [2.05, 4.69) is 0 Å². The Balaban J connectivity index is 0.00000256. The van der Waals surface area contributed by atoms with Crippen LogP contribution in [0.25, 0.3) is 0 Å². The van der Waals surface area contributed by atoms with Gasteiger partial charge in [0.2, 0.25) is 0 Å². The van der Waals surface area contributed by atoms with E-state index >= 15 is 0 Å². The second-order valence-electron chi connectivity index (χ2n) is 3.22. The Bertz CT molecular complexity index is 369.